The largest absolute Gasteiger partial charge is 0.335 e. The van der Waals surface area contributed by atoms with Crippen LogP contribution in [0.25, 0.3) is 0 Å². The van der Waals surface area contributed by atoms with Crippen LogP contribution in [0.15, 0.2) is 24.3 Å². The summed E-state index contributed by atoms with van der Waals surface area (Å²) < 4.78 is 0. The van der Waals surface area contributed by atoms with Crippen LogP contribution in [-0.4, -0.2) is 55.6 Å². The highest BCUT2D eigenvalue weighted by Gasteiger charge is 2.19. The molecular formula is C19H31Cl2N5O2. The Kier molecular flexibility index (Phi) is 10.6. The highest BCUT2D eigenvalue weighted by Crippen LogP contribution is 2.16. The monoisotopic (exact) mass is 431 g/mol. The molecule has 7 nitrogen and oxygen atoms in total. The van der Waals surface area contributed by atoms with Gasteiger partial charge in [0.25, 0.3) is 0 Å². The molecule has 0 bridgehead atoms. The number of urea groups is 1. The predicted molar refractivity (Wildman–Crippen MR) is 118 cm³/mol. The highest BCUT2D eigenvalue weighted by molar-refractivity contribution is 5.92. The Hall–Kier alpha value is -1.54. The number of anilines is 2. The Balaban J connectivity index is 0.00000196. The molecule has 3 rings (SSSR count). The number of hydrogen-bond acceptors (Lipinski definition) is 4. The second-order valence-electron chi connectivity index (χ2n) is 7.30. The maximum Gasteiger partial charge on any atom is 0.319 e. The SMILES string of the molecule is CN1CCC(NC(=O)Nc2ccc(NC(=O)CC3CCCN3)cc2)CC1.Cl.Cl. The van der Waals surface area contributed by atoms with Gasteiger partial charge in [-0.3, -0.25) is 4.79 Å². The maximum absolute atomic E-state index is 12.1. The van der Waals surface area contributed by atoms with Crippen LogP contribution in [0.4, 0.5) is 16.2 Å². The van der Waals surface area contributed by atoms with E-state index in [2.05, 4.69) is 33.2 Å². The molecule has 2 aliphatic rings. The van der Waals surface area contributed by atoms with Crippen molar-refractivity contribution >= 4 is 48.1 Å². The molecule has 0 spiro atoms. The number of likely N-dealkylation sites (tertiary alicyclic amines) is 1. The molecule has 3 amide bonds. The van der Waals surface area contributed by atoms with Crippen molar-refractivity contribution in [1.29, 1.82) is 0 Å². The van der Waals surface area contributed by atoms with Crippen molar-refractivity contribution in [1.82, 2.24) is 15.5 Å². The number of nitrogens with one attached hydrogen (secondary N) is 4. The van der Waals surface area contributed by atoms with Crippen LogP contribution in [-0.2, 0) is 4.79 Å². The lowest BCUT2D eigenvalue weighted by Crippen LogP contribution is -2.44. The Bertz CT molecular complexity index is 615. The summed E-state index contributed by atoms with van der Waals surface area (Å²) in [6, 6.07) is 7.57. The van der Waals surface area contributed by atoms with E-state index < -0.39 is 0 Å². The first-order valence-corrected chi connectivity index (χ1v) is 9.48. The minimum atomic E-state index is -0.177. The predicted octanol–water partition coefficient (Wildman–Crippen LogP) is 2.83. The van der Waals surface area contributed by atoms with Crippen molar-refractivity contribution in [2.75, 3.05) is 37.3 Å². The van der Waals surface area contributed by atoms with Gasteiger partial charge in [0.2, 0.25) is 5.91 Å². The topological polar surface area (TPSA) is 85.5 Å². The summed E-state index contributed by atoms with van der Waals surface area (Å²) in [5, 5.41) is 12.1. The molecule has 28 heavy (non-hydrogen) atoms. The van der Waals surface area contributed by atoms with Gasteiger partial charge in [0.05, 0.1) is 0 Å². The average molecular weight is 432 g/mol. The second kappa shape index (κ2) is 12.1. The summed E-state index contributed by atoms with van der Waals surface area (Å²) >= 11 is 0. The number of hydrogen-bond donors (Lipinski definition) is 4. The third kappa shape index (κ3) is 7.83. The third-order valence-electron chi connectivity index (χ3n) is 5.07. The quantitative estimate of drug-likeness (QED) is 0.577. The second-order valence-corrected chi connectivity index (χ2v) is 7.30. The zero-order chi connectivity index (χ0) is 18.4. The van der Waals surface area contributed by atoms with E-state index >= 15 is 0 Å². The summed E-state index contributed by atoms with van der Waals surface area (Å²) in [6.45, 7) is 3.02. The smallest absolute Gasteiger partial charge is 0.319 e. The summed E-state index contributed by atoms with van der Waals surface area (Å²) in [5.74, 6) is 0.0186. The molecule has 0 aromatic heterocycles. The van der Waals surface area contributed by atoms with Gasteiger partial charge in [0, 0.05) is 29.9 Å². The molecule has 158 valence electrons. The lowest BCUT2D eigenvalue weighted by Gasteiger charge is -2.29. The molecule has 1 aromatic carbocycles. The van der Waals surface area contributed by atoms with E-state index in [4.69, 9.17) is 0 Å². The van der Waals surface area contributed by atoms with E-state index in [0.29, 0.717) is 18.2 Å². The van der Waals surface area contributed by atoms with Crippen LogP contribution >= 0.6 is 24.8 Å². The fraction of sp³-hybridized carbons (Fsp3) is 0.579. The summed E-state index contributed by atoms with van der Waals surface area (Å²) in [5.41, 5.74) is 1.46. The van der Waals surface area contributed by atoms with Crippen LogP contribution in [0, 0.1) is 0 Å². The van der Waals surface area contributed by atoms with Crippen molar-refractivity contribution in [3.63, 3.8) is 0 Å². The van der Waals surface area contributed by atoms with Crippen LogP contribution in [0.2, 0.25) is 0 Å². The number of rotatable bonds is 5. The first-order chi connectivity index (χ1) is 12.6. The summed E-state index contributed by atoms with van der Waals surface area (Å²) in [7, 11) is 2.10. The molecular weight excluding hydrogens is 401 g/mol. The van der Waals surface area contributed by atoms with E-state index in [1.165, 1.54) is 0 Å². The van der Waals surface area contributed by atoms with Crippen molar-refractivity contribution in [2.45, 2.75) is 44.2 Å². The lowest BCUT2D eigenvalue weighted by atomic mass is 10.1. The van der Waals surface area contributed by atoms with E-state index in [1.54, 1.807) is 12.1 Å². The molecule has 0 saturated carbocycles. The Morgan fingerprint density at radius 1 is 1.04 bits per heavy atom. The maximum atomic E-state index is 12.1. The first kappa shape index (κ1) is 24.5. The van der Waals surface area contributed by atoms with Crippen molar-refractivity contribution in [2.24, 2.45) is 0 Å². The Morgan fingerprint density at radius 2 is 1.64 bits per heavy atom. The standard InChI is InChI=1S/C19H29N5O2.2ClH/c1-24-11-8-16(9-12-24)23-19(26)22-15-6-4-14(5-7-15)21-18(25)13-17-3-2-10-20-17;;/h4-7,16-17,20H,2-3,8-13H2,1H3,(H,21,25)(H2,22,23,26);2*1H. The van der Waals surface area contributed by atoms with E-state index in [-0.39, 0.29) is 42.8 Å². The van der Waals surface area contributed by atoms with Crippen molar-refractivity contribution < 1.29 is 9.59 Å². The zero-order valence-electron chi connectivity index (χ0n) is 16.2. The minimum Gasteiger partial charge on any atom is -0.335 e. The number of piperidine rings is 1. The fourth-order valence-corrected chi connectivity index (χ4v) is 3.51. The van der Waals surface area contributed by atoms with Gasteiger partial charge in [-0.15, -0.1) is 24.8 Å². The molecule has 2 fully saturated rings. The molecule has 2 heterocycles. The molecule has 1 atom stereocenters. The molecule has 2 saturated heterocycles. The molecule has 1 unspecified atom stereocenters. The Labute approximate surface area is 179 Å². The van der Waals surface area contributed by atoms with Gasteiger partial charge in [-0.25, -0.2) is 4.79 Å². The number of carbonyl (C=O) groups excluding carboxylic acids is 2. The normalized spacial score (nSPS) is 19.8. The van der Waals surface area contributed by atoms with Crippen LogP contribution in [0.5, 0.6) is 0 Å². The van der Waals surface area contributed by atoms with Gasteiger partial charge >= 0.3 is 6.03 Å². The minimum absolute atomic E-state index is 0. The van der Waals surface area contributed by atoms with Crippen LogP contribution < -0.4 is 21.3 Å². The summed E-state index contributed by atoms with van der Waals surface area (Å²) in [4.78, 5) is 26.4. The van der Waals surface area contributed by atoms with E-state index in [9.17, 15) is 9.59 Å². The molecule has 2 aliphatic heterocycles. The zero-order valence-corrected chi connectivity index (χ0v) is 17.8. The molecule has 1 aromatic rings. The summed E-state index contributed by atoms with van der Waals surface area (Å²) in [6.07, 6.45) is 4.65. The van der Waals surface area contributed by atoms with Crippen molar-refractivity contribution in [3.05, 3.63) is 24.3 Å². The molecule has 0 aliphatic carbocycles. The van der Waals surface area contributed by atoms with Gasteiger partial charge in [-0.2, -0.15) is 0 Å². The van der Waals surface area contributed by atoms with Gasteiger partial charge in [-0.05, 0) is 76.6 Å². The number of amides is 3. The van der Waals surface area contributed by atoms with Gasteiger partial charge < -0.3 is 26.2 Å². The first-order valence-electron chi connectivity index (χ1n) is 9.48. The van der Waals surface area contributed by atoms with Gasteiger partial charge in [-0.1, -0.05) is 0 Å². The number of halogens is 2. The van der Waals surface area contributed by atoms with Crippen LogP contribution in [0.3, 0.4) is 0 Å². The van der Waals surface area contributed by atoms with E-state index in [1.807, 2.05) is 12.1 Å². The van der Waals surface area contributed by atoms with Gasteiger partial charge in [0.1, 0.15) is 0 Å². The molecule has 4 N–H and O–H groups in total. The molecule has 9 heteroatoms. The third-order valence-corrected chi connectivity index (χ3v) is 5.07. The Morgan fingerprint density at radius 3 is 2.21 bits per heavy atom. The number of benzene rings is 1. The van der Waals surface area contributed by atoms with Gasteiger partial charge in [0.15, 0.2) is 0 Å². The highest BCUT2D eigenvalue weighted by atomic mass is 35.5. The fourth-order valence-electron chi connectivity index (χ4n) is 3.51. The lowest BCUT2D eigenvalue weighted by molar-refractivity contribution is -0.116. The van der Waals surface area contributed by atoms with Crippen LogP contribution in [0.1, 0.15) is 32.1 Å². The van der Waals surface area contributed by atoms with E-state index in [0.717, 1.165) is 51.0 Å². The van der Waals surface area contributed by atoms with Crippen molar-refractivity contribution in [3.8, 4) is 0 Å². The molecule has 0 radical (unpaired) electrons. The number of carbonyl (C=O) groups is 2. The number of nitrogens with zero attached hydrogens (tertiary/aromatic N) is 1. The average Bonchev–Trinajstić information content (AvgIpc) is 3.11.